The van der Waals surface area contributed by atoms with E-state index in [1.165, 1.54) is 23.1 Å². The summed E-state index contributed by atoms with van der Waals surface area (Å²) in [5.41, 5.74) is 0.851. The minimum atomic E-state index is -0.843. The third-order valence-electron chi connectivity index (χ3n) is 5.82. The molecule has 0 aromatic heterocycles. The van der Waals surface area contributed by atoms with Gasteiger partial charge in [-0.3, -0.25) is 9.59 Å². The van der Waals surface area contributed by atoms with Gasteiger partial charge in [0.05, 0.1) is 42.4 Å². The van der Waals surface area contributed by atoms with Crippen LogP contribution in [0.25, 0.3) is 5.76 Å². The van der Waals surface area contributed by atoms with Crippen LogP contribution in [-0.2, 0) is 9.59 Å². The van der Waals surface area contributed by atoms with Crippen molar-refractivity contribution >= 4 is 40.7 Å². The molecule has 1 aliphatic heterocycles. The Labute approximate surface area is 218 Å². The number of methoxy groups -OCH3 is 2. The number of amides is 1. The maximum absolute atomic E-state index is 13.1. The van der Waals surface area contributed by atoms with Crippen LogP contribution in [0.3, 0.4) is 0 Å². The van der Waals surface area contributed by atoms with Crippen LogP contribution in [-0.4, -0.2) is 49.1 Å². The summed E-state index contributed by atoms with van der Waals surface area (Å²) in [4.78, 5) is 27.6. The van der Waals surface area contributed by atoms with Gasteiger partial charge in [-0.05, 0) is 60.2 Å². The predicted octanol–water partition coefficient (Wildman–Crippen LogP) is 5.51. The largest absolute Gasteiger partial charge is 0.507 e. The Bertz CT molecular complexity index is 1300. The summed E-state index contributed by atoms with van der Waals surface area (Å²) >= 11 is 12.1. The molecule has 36 heavy (non-hydrogen) atoms. The molecule has 4 rings (SSSR count). The Balaban J connectivity index is 1.68. The summed E-state index contributed by atoms with van der Waals surface area (Å²) < 4.78 is 16.2. The highest BCUT2D eigenvalue weighted by Gasteiger charge is 2.46. The Morgan fingerprint density at radius 1 is 0.861 bits per heavy atom. The number of carbonyl (C=O) groups excluding carboxylic acids is 2. The van der Waals surface area contributed by atoms with Gasteiger partial charge in [-0.1, -0.05) is 35.3 Å². The van der Waals surface area contributed by atoms with E-state index >= 15 is 0 Å². The van der Waals surface area contributed by atoms with Crippen LogP contribution in [0.1, 0.15) is 17.2 Å². The number of ketones is 1. The number of rotatable bonds is 8. The highest BCUT2D eigenvalue weighted by atomic mass is 35.5. The molecule has 186 valence electrons. The van der Waals surface area contributed by atoms with E-state index in [1.807, 2.05) is 0 Å². The van der Waals surface area contributed by atoms with Gasteiger partial charge in [0.25, 0.3) is 11.7 Å². The summed E-state index contributed by atoms with van der Waals surface area (Å²) in [6.07, 6.45) is 0. The van der Waals surface area contributed by atoms with Gasteiger partial charge in [-0.25, -0.2) is 0 Å². The number of nitrogens with zero attached hydrogens (tertiary/aromatic N) is 1. The third kappa shape index (κ3) is 5.12. The maximum Gasteiger partial charge on any atom is 0.295 e. The lowest BCUT2D eigenvalue weighted by Gasteiger charge is -2.25. The second-order valence-electron chi connectivity index (χ2n) is 7.92. The molecule has 1 heterocycles. The molecule has 3 aromatic carbocycles. The predicted molar refractivity (Wildman–Crippen MR) is 137 cm³/mol. The molecule has 3 aromatic rings. The molecule has 0 bridgehead atoms. The summed E-state index contributed by atoms with van der Waals surface area (Å²) in [6, 6.07) is 17.6. The lowest BCUT2D eigenvalue weighted by molar-refractivity contribution is -0.140. The van der Waals surface area contributed by atoms with E-state index in [0.717, 1.165) is 0 Å². The summed E-state index contributed by atoms with van der Waals surface area (Å²) in [5, 5.41) is 11.7. The molecule has 1 atom stereocenters. The van der Waals surface area contributed by atoms with Gasteiger partial charge in [0, 0.05) is 5.56 Å². The van der Waals surface area contributed by atoms with Gasteiger partial charge < -0.3 is 24.2 Å². The topological polar surface area (TPSA) is 85.3 Å². The lowest BCUT2D eigenvalue weighted by Crippen LogP contribution is -2.33. The minimum absolute atomic E-state index is 0.0481. The average Bonchev–Trinajstić information content (AvgIpc) is 3.15. The Kier molecular flexibility index (Phi) is 7.72. The molecule has 1 aliphatic rings. The first-order valence-corrected chi connectivity index (χ1v) is 11.7. The maximum atomic E-state index is 13.1. The molecule has 0 radical (unpaired) electrons. The fourth-order valence-corrected chi connectivity index (χ4v) is 4.27. The van der Waals surface area contributed by atoms with E-state index in [-0.39, 0.29) is 35.1 Å². The van der Waals surface area contributed by atoms with E-state index in [0.29, 0.717) is 27.8 Å². The zero-order valence-corrected chi connectivity index (χ0v) is 21.0. The zero-order chi connectivity index (χ0) is 25.8. The first kappa shape index (κ1) is 25.4. The monoisotopic (exact) mass is 527 g/mol. The number of benzene rings is 3. The second-order valence-corrected chi connectivity index (χ2v) is 8.73. The van der Waals surface area contributed by atoms with Gasteiger partial charge in [0.2, 0.25) is 0 Å². The molecule has 9 heteroatoms. The zero-order valence-electron chi connectivity index (χ0n) is 19.5. The van der Waals surface area contributed by atoms with Crippen molar-refractivity contribution in [1.29, 1.82) is 0 Å². The van der Waals surface area contributed by atoms with Gasteiger partial charge in [-0.15, -0.1) is 0 Å². The Hall–Kier alpha value is -3.68. The van der Waals surface area contributed by atoms with Crippen molar-refractivity contribution in [3.05, 3.63) is 93.5 Å². The SMILES string of the molecule is COc1ccc(OCCN2C(=O)C(=O)/C(=C(\O)c3ccc(Cl)c(Cl)c3)C2c2ccc(OC)cc2)cc1. The third-order valence-corrected chi connectivity index (χ3v) is 6.56. The first-order valence-electron chi connectivity index (χ1n) is 11.0. The van der Waals surface area contributed by atoms with Crippen molar-refractivity contribution in [2.45, 2.75) is 6.04 Å². The van der Waals surface area contributed by atoms with Crippen LogP contribution < -0.4 is 14.2 Å². The highest BCUT2D eigenvalue weighted by molar-refractivity contribution is 6.46. The molecule has 1 saturated heterocycles. The van der Waals surface area contributed by atoms with Crippen molar-refractivity contribution < 1.29 is 28.9 Å². The van der Waals surface area contributed by atoms with Crippen molar-refractivity contribution in [3.8, 4) is 17.2 Å². The van der Waals surface area contributed by atoms with Crippen LogP contribution in [0.5, 0.6) is 17.2 Å². The summed E-state index contributed by atoms with van der Waals surface area (Å²) in [7, 11) is 3.12. The van der Waals surface area contributed by atoms with Gasteiger partial charge in [-0.2, -0.15) is 0 Å². The van der Waals surface area contributed by atoms with Crippen molar-refractivity contribution in [1.82, 2.24) is 4.90 Å². The fraction of sp³-hybridized carbons (Fsp3) is 0.185. The number of Topliss-reactive ketones (excluding diaryl/α,β-unsaturated/α-hetero) is 1. The smallest absolute Gasteiger partial charge is 0.295 e. The van der Waals surface area contributed by atoms with Crippen molar-refractivity contribution in [2.24, 2.45) is 0 Å². The molecule has 0 saturated carbocycles. The first-order chi connectivity index (χ1) is 17.3. The van der Waals surface area contributed by atoms with E-state index in [2.05, 4.69) is 0 Å². The Morgan fingerprint density at radius 2 is 1.44 bits per heavy atom. The average molecular weight is 528 g/mol. The summed E-state index contributed by atoms with van der Waals surface area (Å²) in [5.74, 6) is 0.00733. The minimum Gasteiger partial charge on any atom is -0.507 e. The molecule has 0 spiro atoms. The molecule has 1 amide bonds. The van der Waals surface area contributed by atoms with Crippen LogP contribution in [0.4, 0.5) is 0 Å². The number of carbonyl (C=O) groups is 2. The Morgan fingerprint density at radius 3 is 2.03 bits per heavy atom. The van der Waals surface area contributed by atoms with Crippen molar-refractivity contribution in [3.63, 3.8) is 0 Å². The molecule has 1 N–H and O–H groups in total. The highest BCUT2D eigenvalue weighted by Crippen LogP contribution is 2.40. The quantitative estimate of drug-likeness (QED) is 0.236. The number of hydrogen-bond donors (Lipinski definition) is 1. The van der Waals surface area contributed by atoms with Crippen LogP contribution in [0.15, 0.2) is 72.3 Å². The van der Waals surface area contributed by atoms with Crippen LogP contribution in [0, 0.1) is 0 Å². The van der Waals surface area contributed by atoms with Crippen LogP contribution in [0.2, 0.25) is 10.0 Å². The lowest BCUT2D eigenvalue weighted by atomic mass is 9.95. The molecular weight excluding hydrogens is 505 g/mol. The van der Waals surface area contributed by atoms with Gasteiger partial charge in [0.15, 0.2) is 0 Å². The van der Waals surface area contributed by atoms with Gasteiger partial charge >= 0.3 is 0 Å². The number of likely N-dealkylation sites (tertiary alicyclic amines) is 1. The molecule has 1 unspecified atom stereocenters. The standard InChI is InChI=1S/C27H23Cl2NO6/c1-34-18-6-3-16(4-7-18)24-23(25(31)17-5-12-21(28)22(29)15-17)26(32)27(33)30(24)13-14-36-20-10-8-19(35-2)9-11-20/h3-12,15,24,31H,13-14H2,1-2H3/b25-23-. The van der Waals surface area contributed by atoms with Crippen molar-refractivity contribution in [2.75, 3.05) is 27.4 Å². The van der Waals surface area contributed by atoms with E-state index in [4.69, 9.17) is 37.4 Å². The van der Waals surface area contributed by atoms with E-state index in [9.17, 15) is 14.7 Å². The van der Waals surface area contributed by atoms with Gasteiger partial charge in [0.1, 0.15) is 29.6 Å². The molecule has 0 aliphatic carbocycles. The molecule has 1 fully saturated rings. The van der Waals surface area contributed by atoms with E-state index in [1.54, 1.807) is 62.8 Å². The van der Waals surface area contributed by atoms with Crippen LogP contribution >= 0.6 is 23.2 Å². The molecular formula is C27H23Cl2NO6. The number of aliphatic hydroxyl groups excluding tert-OH is 1. The number of aliphatic hydroxyl groups is 1. The second kappa shape index (κ2) is 10.9. The number of ether oxygens (including phenoxy) is 3. The normalized spacial score (nSPS) is 16.8. The number of halogens is 2. The summed E-state index contributed by atoms with van der Waals surface area (Å²) in [6.45, 7) is 0.226. The van der Waals surface area contributed by atoms with E-state index < -0.39 is 17.7 Å². The molecule has 7 nitrogen and oxygen atoms in total. The fourth-order valence-electron chi connectivity index (χ4n) is 3.98. The number of hydrogen-bond acceptors (Lipinski definition) is 6.